The van der Waals surface area contributed by atoms with Crippen molar-refractivity contribution in [3.63, 3.8) is 0 Å². The molecule has 0 unspecified atom stereocenters. The minimum Gasteiger partial charge on any atom is -0.481 e. The molecule has 0 atom stereocenters. The molecule has 0 radical (unpaired) electrons. The molecule has 7 nitrogen and oxygen atoms in total. The number of carbonyl (C=O) groups is 2. The first-order valence-electron chi connectivity index (χ1n) is 6.32. The highest BCUT2D eigenvalue weighted by molar-refractivity contribution is 6.30. The van der Waals surface area contributed by atoms with Crippen LogP contribution in [0.25, 0.3) is 11.4 Å². The van der Waals surface area contributed by atoms with Gasteiger partial charge in [0.2, 0.25) is 0 Å². The van der Waals surface area contributed by atoms with Gasteiger partial charge >= 0.3 is 5.97 Å². The molecular weight excluding hydrogens is 310 g/mol. The fraction of sp³-hybridized carbons (Fsp3) is 0.143. The summed E-state index contributed by atoms with van der Waals surface area (Å²) in [5.74, 6) is -1.40. The predicted molar refractivity (Wildman–Crippen MR) is 79.9 cm³/mol. The number of hydrogen-bond donors (Lipinski definition) is 3. The van der Waals surface area contributed by atoms with Crippen LogP contribution in [0.4, 0.5) is 0 Å². The van der Waals surface area contributed by atoms with E-state index in [-0.39, 0.29) is 18.5 Å². The van der Waals surface area contributed by atoms with Crippen LogP contribution >= 0.6 is 11.6 Å². The number of carboxylic acids is 1. The molecule has 2 aromatic rings. The summed E-state index contributed by atoms with van der Waals surface area (Å²) in [5.41, 5.74) is -0.129. The molecule has 1 heterocycles. The van der Waals surface area contributed by atoms with Gasteiger partial charge in [-0.2, -0.15) is 0 Å². The van der Waals surface area contributed by atoms with Gasteiger partial charge in [0.15, 0.2) is 0 Å². The Labute approximate surface area is 130 Å². The number of aromatic amines is 1. The summed E-state index contributed by atoms with van der Waals surface area (Å²) in [5, 5.41) is 11.4. The van der Waals surface area contributed by atoms with Gasteiger partial charge in [-0.3, -0.25) is 14.4 Å². The van der Waals surface area contributed by atoms with Crippen LogP contribution in [0.15, 0.2) is 35.3 Å². The molecule has 0 spiro atoms. The number of rotatable bonds is 5. The highest BCUT2D eigenvalue weighted by atomic mass is 35.5. The maximum absolute atomic E-state index is 11.9. The van der Waals surface area contributed by atoms with E-state index in [0.29, 0.717) is 16.4 Å². The Kier molecular flexibility index (Phi) is 4.90. The monoisotopic (exact) mass is 321 g/mol. The second-order valence-corrected chi connectivity index (χ2v) is 4.82. The molecule has 0 aliphatic heterocycles. The molecule has 0 aliphatic carbocycles. The zero-order valence-corrected chi connectivity index (χ0v) is 12.1. The third-order valence-corrected chi connectivity index (χ3v) is 3.04. The lowest BCUT2D eigenvalue weighted by molar-refractivity contribution is -0.136. The number of aromatic nitrogens is 2. The predicted octanol–water partition coefficient (Wildman–Crippen LogP) is 1.29. The van der Waals surface area contributed by atoms with Crippen LogP contribution in [0, 0.1) is 0 Å². The van der Waals surface area contributed by atoms with Gasteiger partial charge in [0.25, 0.3) is 11.5 Å². The SMILES string of the molecule is O=C(O)CCNC(=O)c1cnc(-c2ccc(Cl)cc2)[nH]c1=O. The molecule has 0 aliphatic rings. The van der Waals surface area contributed by atoms with Crippen molar-refractivity contribution in [1.82, 2.24) is 15.3 Å². The fourth-order valence-corrected chi connectivity index (χ4v) is 1.82. The fourth-order valence-electron chi connectivity index (χ4n) is 1.69. The van der Waals surface area contributed by atoms with E-state index in [0.717, 1.165) is 6.20 Å². The van der Waals surface area contributed by atoms with Crippen molar-refractivity contribution in [3.8, 4) is 11.4 Å². The van der Waals surface area contributed by atoms with E-state index < -0.39 is 17.4 Å². The number of carboxylic acid groups (broad SMARTS) is 1. The number of halogens is 1. The molecule has 0 fully saturated rings. The van der Waals surface area contributed by atoms with E-state index >= 15 is 0 Å². The van der Waals surface area contributed by atoms with E-state index in [9.17, 15) is 14.4 Å². The van der Waals surface area contributed by atoms with Gasteiger partial charge in [-0.25, -0.2) is 4.98 Å². The van der Waals surface area contributed by atoms with Crippen molar-refractivity contribution in [3.05, 3.63) is 51.4 Å². The van der Waals surface area contributed by atoms with Crippen molar-refractivity contribution >= 4 is 23.5 Å². The zero-order valence-electron chi connectivity index (χ0n) is 11.3. The number of hydrogen-bond acceptors (Lipinski definition) is 4. The van der Waals surface area contributed by atoms with E-state index in [1.807, 2.05) is 0 Å². The molecule has 8 heteroatoms. The van der Waals surface area contributed by atoms with Crippen LogP contribution in [0.1, 0.15) is 16.8 Å². The average molecular weight is 322 g/mol. The van der Waals surface area contributed by atoms with Crippen LogP contribution in [0.3, 0.4) is 0 Å². The molecule has 22 heavy (non-hydrogen) atoms. The first kappa shape index (κ1) is 15.7. The minimum atomic E-state index is -1.04. The summed E-state index contributed by atoms with van der Waals surface area (Å²) in [7, 11) is 0. The van der Waals surface area contributed by atoms with E-state index in [1.165, 1.54) is 0 Å². The first-order chi connectivity index (χ1) is 10.5. The third kappa shape index (κ3) is 3.92. The smallest absolute Gasteiger partial charge is 0.305 e. The first-order valence-corrected chi connectivity index (χ1v) is 6.70. The Morgan fingerprint density at radius 3 is 2.55 bits per heavy atom. The molecule has 1 amide bonds. The third-order valence-electron chi connectivity index (χ3n) is 2.79. The lowest BCUT2D eigenvalue weighted by Gasteiger charge is -2.04. The maximum atomic E-state index is 11.9. The normalized spacial score (nSPS) is 10.2. The maximum Gasteiger partial charge on any atom is 0.305 e. The topological polar surface area (TPSA) is 112 Å². The van der Waals surface area contributed by atoms with E-state index in [1.54, 1.807) is 24.3 Å². The summed E-state index contributed by atoms with van der Waals surface area (Å²) in [6, 6.07) is 6.69. The largest absolute Gasteiger partial charge is 0.481 e. The number of nitrogens with one attached hydrogen (secondary N) is 2. The molecule has 0 saturated carbocycles. The van der Waals surface area contributed by atoms with Gasteiger partial charge in [-0.1, -0.05) is 11.6 Å². The minimum absolute atomic E-state index is 0.0630. The van der Waals surface area contributed by atoms with Crippen LogP contribution in [0.2, 0.25) is 5.02 Å². The Balaban J connectivity index is 2.16. The Morgan fingerprint density at radius 2 is 1.95 bits per heavy atom. The summed E-state index contributed by atoms with van der Waals surface area (Å²) in [6.45, 7) is -0.0630. The van der Waals surface area contributed by atoms with Crippen LogP contribution < -0.4 is 10.9 Å². The van der Waals surface area contributed by atoms with Crippen LogP contribution in [-0.2, 0) is 4.79 Å². The van der Waals surface area contributed by atoms with Crippen LogP contribution in [-0.4, -0.2) is 33.5 Å². The van der Waals surface area contributed by atoms with E-state index in [2.05, 4.69) is 15.3 Å². The quantitative estimate of drug-likeness (QED) is 0.768. The number of aliphatic carboxylic acids is 1. The number of benzene rings is 1. The Hall–Kier alpha value is -2.67. The van der Waals surface area contributed by atoms with Gasteiger partial charge in [0, 0.05) is 23.3 Å². The molecule has 3 N–H and O–H groups in total. The van der Waals surface area contributed by atoms with Crippen LogP contribution in [0.5, 0.6) is 0 Å². The average Bonchev–Trinajstić information content (AvgIpc) is 2.47. The van der Waals surface area contributed by atoms with Crippen molar-refractivity contribution in [2.24, 2.45) is 0 Å². The molecule has 1 aromatic heterocycles. The summed E-state index contributed by atoms with van der Waals surface area (Å²) in [4.78, 5) is 40.6. The van der Waals surface area contributed by atoms with Gasteiger partial charge in [-0.05, 0) is 24.3 Å². The van der Waals surface area contributed by atoms with E-state index in [4.69, 9.17) is 16.7 Å². The molecule has 2 rings (SSSR count). The number of nitrogens with zero attached hydrogens (tertiary/aromatic N) is 1. The second-order valence-electron chi connectivity index (χ2n) is 4.38. The summed E-state index contributed by atoms with van der Waals surface area (Å²) < 4.78 is 0. The molecule has 1 aromatic carbocycles. The van der Waals surface area contributed by atoms with Crippen molar-refractivity contribution in [2.75, 3.05) is 6.54 Å². The molecular formula is C14H12ClN3O4. The summed E-state index contributed by atoms with van der Waals surface area (Å²) >= 11 is 5.78. The Morgan fingerprint density at radius 1 is 1.27 bits per heavy atom. The summed E-state index contributed by atoms with van der Waals surface area (Å²) in [6.07, 6.45) is 0.929. The number of H-pyrrole nitrogens is 1. The van der Waals surface area contributed by atoms with Gasteiger partial charge in [0.05, 0.1) is 6.42 Å². The number of amides is 1. The lowest BCUT2D eigenvalue weighted by atomic mass is 10.2. The second kappa shape index (κ2) is 6.86. The van der Waals surface area contributed by atoms with Crippen molar-refractivity contribution in [2.45, 2.75) is 6.42 Å². The van der Waals surface area contributed by atoms with Gasteiger partial charge in [-0.15, -0.1) is 0 Å². The standard InChI is InChI=1S/C14H12ClN3O4/c15-9-3-1-8(2-4-9)12-17-7-10(14(22)18-12)13(21)16-6-5-11(19)20/h1-4,7H,5-6H2,(H,16,21)(H,19,20)(H,17,18,22). The zero-order chi connectivity index (χ0) is 16.1. The highest BCUT2D eigenvalue weighted by Gasteiger charge is 2.12. The highest BCUT2D eigenvalue weighted by Crippen LogP contribution is 2.16. The van der Waals surface area contributed by atoms with Gasteiger partial charge in [0.1, 0.15) is 11.4 Å². The van der Waals surface area contributed by atoms with Crippen molar-refractivity contribution in [1.29, 1.82) is 0 Å². The number of carbonyl (C=O) groups excluding carboxylic acids is 1. The lowest BCUT2D eigenvalue weighted by Crippen LogP contribution is -2.31. The molecule has 0 saturated heterocycles. The Bertz CT molecular complexity index is 755. The van der Waals surface area contributed by atoms with Crippen molar-refractivity contribution < 1.29 is 14.7 Å². The van der Waals surface area contributed by atoms with Gasteiger partial charge < -0.3 is 15.4 Å². The molecule has 0 bridgehead atoms. The molecule has 114 valence electrons.